The van der Waals surface area contributed by atoms with Crippen molar-refractivity contribution < 1.29 is 36.3 Å². The fourth-order valence-corrected chi connectivity index (χ4v) is 3.20. The lowest BCUT2D eigenvalue weighted by Crippen LogP contribution is -2.31. The molecule has 0 aliphatic heterocycles. The van der Waals surface area contributed by atoms with E-state index in [0.29, 0.717) is 4.47 Å². The van der Waals surface area contributed by atoms with Gasteiger partial charge in [-0.2, -0.15) is 0 Å². The first-order valence-corrected chi connectivity index (χ1v) is 10.2. The molecule has 0 spiro atoms. The Labute approximate surface area is 198 Å². The Balaban J connectivity index is 1.96. The Morgan fingerprint density at radius 1 is 0.912 bits per heavy atom. The van der Waals surface area contributed by atoms with Crippen LogP contribution in [0.1, 0.15) is 15.9 Å². The summed E-state index contributed by atoms with van der Waals surface area (Å²) in [6.45, 7) is 0. The first-order valence-electron chi connectivity index (χ1n) is 9.42. The Morgan fingerprint density at radius 2 is 1.59 bits per heavy atom. The van der Waals surface area contributed by atoms with Crippen molar-refractivity contribution in [1.82, 2.24) is 5.32 Å². The highest BCUT2D eigenvalue weighted by molar-refractivity contribution is 9.10. The Morgan fingerprint density at radius 3 is 2.26 bits per heavy atom. The number of hydrogen-bond acceptors (Lipinski definition) is 3. The lowest BCUT2D eigenvalue weighted by molar-refractivity contribution is -0.274. The summed E-state index contributed by atoms with van der Waals surface area (Å²) < 4.78 is 69.3. The minimum Gasteiger partial charge on any atom is -0.404 e. The zero-order valence-corrected chi connectivity index (χ0v) is 18.5. The van der Waals surface area contributed by atoms with Gasteiger partial charge in [-0.25, -0.2) is 8.78 Å². The lowest BCUT2D eigenvalue weighted by atomic mass is 10.1. The van der Waals surface area contributed by atoms with Gasteiger partial charge >= 0.3 is 6.36 Å². The van der Waals surface area contributed by atoms with Crippen LogP contribution < -0.4 is 15.4 Å². The van der Waals surface area contributed by atoms with Crippen molar-refractivity contribution in [1.29, 1.82) is 0 Å². The molecule has 0 fully saturated rings. The van der Waals surface area contributed by atoms with Crippen LogP contribution in [-0.2, 0) is 4.79 Å². The average Bonchev–Trinajstić information content (AvgIpc) is 2.76. The molecule has 2 amide bonds. The quantitative estimate of drug-likeness (QED) is 0.296. The van der Waals surface area contributed by atoms with Crippen LogP contribution in [0.2, 0.25) is 0 Å². The molecule has 5 nitrogen and oxygen atoms in total. The summed E-state index contributed by atoms with van der Waals surface area (Å²) in [5, 5.41) is 4.57. The van der Waals surface area contributed by atoms with Gasteiger partial charge in [-0.05, 0) is 64.0 Å². The topological polar surface area (TPSA) is 67.4 Å². The SMILES string of the molecule is O=C(Nc1ccccc1OC(F)(F)F)C(=Cc1ccc(F)c(F)c1)NC(=O)c1ccccc1Br. The predicted molar refractivity (Wildman–Crippen MR) is 118 cm³/mol. The maximum atomic E-state index is 13.6. The molecule has 34 heavy (non-hydrogen) atoms. The third-order valence-electron chi connectivity index (χ3n) is 4.23. The van der Waals surface area contributed by atoms with E-state index in [0.717, 1.165) is 36.4 Å². The number of benzene rings is 3. The van der Waals surface area contributed by atoms with Crippen LogP contribution >= 0.6 is 15.9 Å². The molecule has 11 heteroatoms. The van der Waals surface area contributed by atoms with Crippen LogP contribution in [0.3, 0.4) is 0 Å². The number of ether oxygens (including phenoxy) is 1. The van der Waals surface area contributed by atoms with Crippen molar-refractivity contribution in [2.45, 2.75) is 6.36 Å². The van der Waals surface area contributed by atoms with Crippen LogP contribution in [0.25, 0.3) is 6.08 Å². The van der Waals surface area contributed by atoms with Gasteiger partial charge in [0.25, 0.3) is 11.8 Å². The maximum absolute atomic E-state index is 13.6. The van der Waals surface area contributed by atoms with E-state index >= 15 is 0 Å². The Kier molecular flexibility index (Phi) is 7.67. The van der Waals surface area contributed by atoms with Gasteiger partial charge in [0.05, 0.1) is 11.3 Å². The molecule has 3 aromatic rings. The number of alkyl halides is 3. The molecule has 0 saturated carbocycles. The van der Waals surface area contributed by atoms with E-state index in [4.69, 9.17) is 0 Å². The molecule has 0 aliphatic rings. The van der Waals surface area contributed by atoms with Gasteiger partial charge in [0.2, 0.25) is 0 Å². The molecule has 0 radical (unpaired) electrons. The van der Waals surface area contributed by atoms with Gasteiger partial charge in [-0.3, -0.25) is 9.59 Å². The normalized spacial score (nSPS) is 11.6. The van der Waals surface area contributed by atoms with Gasteiger partial charge in [0, 0.05) is 4.47 Å². The minimum absolute atomic E-state index is 0.0105. The molecular formula is C23H14BrF5N2O3. The lowest BCUT2D eigenvalue weighted by Gasteiger charge is -2.15. The summed E-state index contributed by atoms with van der Waals surface area (Å²) in [7, 11) is 0. The van der Waals surface area contributed by atoms with E-state index in [1.807, 2.05) is 0 Å². The first kappa shape index (κ1) is 24.9. The van der Waals surface area contributed by atoms with Gasteiger partial charge in [0.1, 0.15) is 5.70 Å². The highest BCUT2D eigenvalue weighted by Gasteiger charge is 2.32. The largest absolute Gasteiger partial charge is 0.573 e. The van der Waals surface area contributed by atoms with E-state index in [2.05, 4.69) is 31.3 Å². The number of anilines is 1. The second kappa shape index (κ2) is 10.5. The van der Waals surface area contributed by atoms with Crippen molar-refractivity contribution in [3.63, 3.8) is 0 Å². The Hall–Kier alpha value is -3.73. The summed E-state index contributed by atoms with van der Waals surface area (Å²) in [4.78, 5) is 25.7. The number of carbonyl (C=O) groups excluding carboxylic acids is 2. The Bertz CT molecular complexity index is 1260. The fourth-order valence-electron chi connectivity index (χ4n) is 2.74. The molecule has 0 bridgehead atoms. The highest BCUT2D eigenvalue weighted by Crippen LogP contribution is 2.30. The fraction of sp³-hybridized carbons (Fsp3) is 0.0435. The zero-order chi connectivity index (χ0) is 24.9. The number of nitrogens with one attached hydrogen (secondary N) is 2. The molecule has 0 unspecified atom stereocenters. The summed E-state index contributed by atoms with van der Waals surface area (Å²) in [5.74, 6) is -4.79. The van der Waals surface area contributed by atoms with Crippen LogP contribution in [-0.4, -0.2) is 18.2 Å². The number of para-hydroxylation sites is 2. The molecule has 0 atom stereocenters. The summed E-state index contributed by atoms with van der Waals surface area (Å²) >= 11 is 3.20. The number of halogens is 6. The van der Waals surface area contributed by atoms with E-state index in [9.17, 15) is 31.5 Å². The number of rotatable bonds is 6. The predicted octanol–water partition coefficient (Wildman–Crippen LogP) is 6.04. The van der Waals surface area contributed by atoms with Crippen molar-refractivity contribution in [2.75, 3.05) is 5.32 Å². The summed E-state index contributed by atoms with van der Waals surface area (Å²) in [6.07, 6.45) is -3.97. The molecule has 2 N–H and O–H groups in total. The number of hydrogen-bond donors (Lipinski definition) is 2. The molecule has 0 heterocycles. The van der Waals surface area contributed by atoms with Crippen molar-refractivity contribution in [3.05, 3.63) is 99.7 Å². The molecule has 3 rings (SSSR count). The van der Waals surface area contributed by atoms with Gasteiger partial charge in [-0.15, -0.1) is 13.2 Å². The summed E-state index contributed by atoms with van der Waals surface area (Å²) in [6, 6.07) is 13.8. The van der Waals surface area contributed by atoms with Crippen LogP contribution in [0.4, 0.5) is 27.6 Å². The minimum atomic E-state index is -5.01. The van der Waals surface area contributed by atoms with Gasteiger partial charge in [0.15, 0.2) is 17.4 Å². The van der Waals surface area contributed by atoms with Crippen molar-refractivity contribution in [2.24, 2.45) is 0 Å². The monoisotopic (exact) mass is 540 g/mol. The highest BCUT2D eigenvalue weighted by atomic mass is 79.9. The zero-order valence-electron chi connectivity index (χ0n) is 16.9. The molecule has 3 aromatic carbocycles. The molecule has 0 saturated heterocycles. The molecule has 176 valence electrons. The molecular weight excluding hydrogens is 527 g/mol. The first-order chi connectivity index (χ1) is 16.0. The van der Waals surface area contributed by atoms with Gasteiger partial charge in [-0.1, -0.05) is 30.3 Å². The number of carbonyl (C=O) groups is 2. The summed E-state index contributed by atoms with van der Waals surface area (Å²) in [5.41, 5.74) is -0.631. The third kappa shape index (κ3) is 6.64. The van der Waals surface area contributed by atoms with Crippen LogP contribution in [0.15, 0.2) is 76.9 Å². The van der Waals surface area contributed by atoms with Crippen LogP contribution in [0.5, 0.6) is 5.75 Å². The third-order valence-corrected chi connectivity index (χ3v) is 4.92. The van der Waals surface area contributed by atoms with Crippen molar-refractivity contribution in [3.8, 4) is 5.75 Å². The smallest absolute Gasteiger partial charge is 0.404 e. The molecule has 0 aliphatic carbocycles. The second-order valence-corrected chi connectivity index (χ2v) is 7.52. The maximum Gasteiger partial charge on any atom is 0.573 e. The van der Waals surface area contributed by atoms with Crippen molar-refractivity contribution >= 4 is 39.5 Å². The van der Waals surface area contributed by atoms with E-state index in [1.165, 1.54) is 18.2 Å². The number of amides is 2. The van der Waals surface area contributed by atoms with E-state index in [-0.39, 0.29) is 16.8 Å². The van der Waals surface area contributed by atoms with Gasteiger partial charge < -0.3 is 15.4 Å². The van der Waals surface area contributed by atoms with Crippen LogP contribution in [0, 0.1) is 11.6 Å². The second-order valence-electron chi connectivity index (χ2n) is 6.66. The standard InChI is InChI=1S/C23H14BrF5N2O3/c24-15-6-2-1-5-14(15)21(32)31-19(12-13-9-10-16(25)17(26)11-13)22(33)30-18-7-3-4-8-20(18)34-23(27,28)29/h1-12H,(H,30,33)(H,31,32). The molecule has 0 aromatic heterocycles. The van der Waals surface area contributed by atoms with E-state index < -0.39 is 41.3 Å². The van der Waals surface area contributed by atoms with E-state index in [1.54, 1.807) is 18.2 Å². The average molecular weight is 541 g/mol.